The number of amides is 1. The van der Waals surface area contributed by atoms with Crippen LogP contribution in [-0.2, 0) is 9.59 Å². The normalized spacial score (nSPS) is 10.1. The van der Waals surface area contributed by atoms with E-state index in [4.69, 9.17) is 5.73 Å². The van der Waals surface area contributed by atoms with Gasteiger partial charge in [0.1, 0.15) is 5.78 Å². The third kappa shape index (κ3) is 8.08. The van der Waals surface area contributed by atoms with Crippen LogP contribution < -0.4 is 5.73 Å². The van der Waals surface area contributed by atoms with Crippen molar-refractivity contribution < 1.29 is 14.8 Å². The first-order valence-electron chi connectivity index (χ1n) is 5.26. The fourth-order valence-corrected chi connectivity index (χ4v) is 1.12. The molecule has 0 rings (SSSR count). The lowest BCUT2D eigenvalue weighted by Crippen LogP contribution is -2.28. The molecule has 0 unspecified atom stereocenters. The quantitative estimate of drug-likeness (QED) is 0.355. The second-order valence-corrected chi connectivity index (χ2v) is 3.57. The number of nitrogens with two attached hydrogens (primary N) is 1. The third-order valence-corrected chi connectivity index (χ3v) is 2.05. The number of hydroxylamine groups is 2. The number of carbonyl (C=O) groups is 2. The Morgan fingerprint density at radius 2 is 1.87 bits per heavy atom. The Hall–Kier alpha value is -0.940. The van der Waals surface area contributed by atoms with E-state index in [-0.39, 0.29) is 18.6 Å². The average Bonchev–Trinajstić information content (AvgIpc) is 2.20. The minimum Gasteiger partial charge on any atom is -0.330 e. The molecule has 1 amide bonds. The van der Waals surface area contributed by atoms with Crippen molar-refractivity contribution in [2.45, 2.75) is 39.0 Å². The number of unbranched alkanes of at least 4 members (excludes halogenated alkanes) is 2. The van der Waals surface area contributed by atoms with Crippen molar-refractivity contribution in [3.8, 4) is 0 Å². The predicted molar refractivity (Wildman–Crippen MR) is 56.3 cm³/mol. The van der Waals surface area contributed by atoms with E-state index in [1.165, 1.54) is 6.92 Å². The first kappa shape index (κ1) is 14.1. The van der Waals surface area contributed by atoms with Crippen LogP contribution in [0.5, 0.6) is 0 Å². The molecule has 0 aliphatic carbocycles. The Bertz CT molecular complexity index is 207. The molecule has 0 aromatic heterocycles. The molecule has 0 aliphatic rings. The van der Waals surface area contributed by atoms with Gasteiger partial charge in [0.2, 0.25) is 5.91 Å². The molecule has 0 saturated heterocycles. The first-order chi connectivity index (χ1) is 7.07. The van der Waals surface area contributed by atoms with E-state index >= 15 is 0 Å². The van der Waals surface area contributed by atoms with Crippen LogP contribution in [0.2, 0.25) is 0 Å². The summed E-state index contributed by atoms with van der Waals surface area (Å²) in [7, 11) is 0. The molecule has 5 heteroatoms. The predicted octanol–water partition coefficient (Wildman–Crippen LogP) is 0.702. The molecule has 0 saturated carbocycles. The van der Waals surface area contributed by atoms with E-state index in [0.29, 0.717) is 18.2 Å². The maximum absolute atomic E-state index is 11.2. The van der Waals surface area contributed by atoms with Crippen molar-refractivity contribution in [1.82, 2.24) is 5.06 Å². The lowest BCUT2D eigenvalue weighted by atomic mass is 10.2. The molecule has 0 atom stereocenters. The molecule has 0 aromatic carbocycles. The van der Waals surface area contributed by atoms with Crippen molar-refractivity contribution in [3.63, 3.8) is 0 Å². The zero-order chi connectivity index (χ0) is 11.7. The Kier molecular flexibility index (Phi) is 7.85. The zero-order valence-electron chi connectivity index (χ0n) is 9.24. The number of rotatable bonds is 8. The molecular formula is C10H20N2O3. The maximum atomic E-state index is 11.2. The number of Topliss-reactive ketones (excluding diaryl/α,β-unsaturated/α-hetero) is 1. The van der Waals surface area contributed by atoms with Crippen molar-refractivity contribution in [2.24, 2.45) is 5.73 Å². The molecule has 15 heavy (non-hydrogen) atoms. The standard InChI is InChI=1S/C10H20N2O3/c1-9(13)5-6-10(14)12(15)8-4-2-3-7-11/h15H,2-8,11H2,1H3. The van der Waals surface area contributed by atoms with Crippen LogP contribution in [0.3, 0.4) is 0 Å². The van der Waals surface area contributed by atoms with Gasteiger partial charge < -0.3 is 10.5 Å². The van der Waals surface area contributed by atoms with Gasteiger partial charge >= 0.3 is 0 Å². The van der Waals surface area contributed by atoms with E-state index in [0.717, 1.165) is 19.3 Å². The van der Waals surface area contributed by atoms with Crippen LogP contribution in [0.1, 0.15) is 39.0 Å². The minimum atomic E-state index is -0.391. The Morgan fingerprint density at radius 1 is 1.20 bits per heavy atom. The van der Waals surface area contributed by atoms with Crippen LogP contribution in [0.15, 0.2) is 0 Å². The van der Waals surface area contributed by atoms with Crippen molar-refractivity contribution in [1.29, 1.82) is 0 Å². The van der Waals surface area contributed by atoms with Gasteiger partial charge in [-0.3, -0.25) is 10.0 Å². The first-order valence-corrected chi connectivity index (χ1v) is 5.26. The molecule has 0 aliphatic heterocycles. The summed E-state index contributed by atoms with van der Waals surface area (Å²) in [4.78, 5) is 21.8. The number of nitrogens with zero attached hydrogens (tertiary/aromatic N) is 1. The van der Waals surface area contributed by atoms with E-state index in [9.17, 15) is 14.8 Å². The summed E-state index contributed by atoms with van der Waals surface area (Å²) in [6.45, 7) is 2.37. The van der Waals surface area contributed by atoms with E-state index < -0.39 is 5.91 Å². The lowest BCUT2D eigenvalue weighted by Gasteiger charge is -2.14. The molecule has 0 spiro atoms. The lowest BCUT2D eigenvalue weighted by molar-refractivity contribution is -0.166. The molecule has 0 radical (unpaired) electrons. The zero-order valence-corrected chi connectivity index (χ0v) is 9.24. The van der Waals surface area contributed by atoms with Gasteiger partial charge in [-0.15, -0.1) is 0 Å². The van der Waals surface area contributed by atoms with Gasteiger partial charge in [0, 0.05) is 19.4 Å². The summed E-state index contributed by atoms with van der Waals surface area (Å²) in [5.74, 6) is -0.433. The Balaban J connectivity index is 3.55. The highest BCUT2D eigenvalue weighted by Gasteiger charge is 2.10. The van der Waals surface area contributed by atoms with Gasteiger partial charge in [-0.1, -0.05) is 6.42 Å². The molecule has 3 N–H and O–H groups in total. The molecule has 0 heterocycles. The van der Waals surface area contributed by atoms with Crippen LogP contribution in [-0.4, -0.2) is 35.1 Å². The van der Waals surface area contributed by atoms with Gasteiger partial charge in [-0.25, -0.2) is 5.06 Å². The van der Waals surface area contributed by atoms with E-state index in [2.05, 4.69) is 0 Å². The van der Waals surface area contributed by atoms with Crippen LogP contribution in [0, 0.1) is 0 Å². The van der Waals surface area contributed by atoms with E-state index in [1.54, 1.807) is 0 Å². The highest BCUT2D eigenvalue weighted by Crippen LogP contribution is 2.00. The smallest absolute Gasteiger partial charge is 0.246 e. The van der Waals surface area contributed by atoms with Crippen molar-refractivity contribution in [2.75, 3.05) is 13.1 Å². The van der Waals surface area contributed by atoms with Gasteiger partial charge in [0.15, 0.2) is 0 Å². The third-order valence-electron chi connectivity index (χ3n) is 2.05. The Labute approximate surface area is 90.2 Å². The van der Waals surface area contributed by atoms with Gasteiger partial charge in [0.05, 0.1) is 0 Å². The topological polar surface area (TPSA) is 83.6 Å². The van der Waals surface area contributed by atoms with Crippen molar-refractivity contribution >= 4 is 11.7 Å². The fourth-order valence-electron chi connectivity index (χ4n) is 1.12. The van der Waals surface area contributed by atoms with Gasteiger partial charge in [-0.05, 0) is 26.3 Å². The van der Waals surface area contributed by atoms with E-state index in [1.807, 2.05) is 0 Å². The SMILES string of the molecule is CC(=O)CCC(=O)N(O)CCCCCN. The molecule has 0 fully saturated rings. The summed E-state index contributed by atoms with van der Waals surface area (Å²) < 4.78 is 0. The fraction of sp³-hybridized carbons (Fsp3) is 0.800. The summed E-state index contributed by atoms with van der Waals surface area (Å²) in [6.07, 6.45) is 2.81. The van der Waals surface area contributed by atoms with Crippen molar-refractivity contribution in [3.05, 3.63) is 0 Å². The largest absolute Gasteiger partial charge is 0.330 e. The number of hydrogen-bond donors (Lipinski definition) is 2. The number of carbonyl (C=O) groups excluding carboxylic acids is 2. The van der Waals surface area contributed by atoms with Crippen LogP contribution >= 0.6 is 0 Å². The molecule has 0 bridgehead atoms. The molecule has 88 valence electrons. The average molecular weight is 216 g/mol. The summed E-state index contributed by atoms with van der Waals surface area (Å²) in [6, 6.07) is 0. The number of hydrogen-bond acceptors (Lipinski definition) is 4. The second kappa shape index (κ2) is 8.38. The highest BCUT2D eigenvalue weighted by molar-refractivity contribution is 5.82. The summed E-state index contributed by atoms with van der Waals surface area (Å²) in [5.41, 5.74) is 5.31. The van der Waals surface area contributed by atoms with Gasteiger partial charge in [-0.2, -0.15) is 0 Å². The van der Waals surface area contributed by atoms with Gasteiger partial charge in [0.25, 0.3) is 0 Å². The van der Waals surface area contributed by atoms with Crippen LogP contribution in [0.4, 0.5) is 0 Å². The Morgan fingerprint density at radius 3 is 2.40 bits per heavy atom. The summed E-state index contributed by atoms with van der Waals surface area (Å²) >= 11 is 0. The maximum Gasteiger partial charge on any atom is 0.246 e. The summed E-state index contributed by atoms with van der Waals surface area (Å²) in [5, 5.41) is 9.97. The highest BCUT2D eigenvalue weighted by atomic mass is 16.5. The molecular weight excluding hydrogens is 196 g/mol. The minimum absolute atomic E-state index is 0.0418. The second-order valence-electron chi connectivity index (χ2n) is 3.57. The van der Waals surface area contributed by atoms with Crippen LogP contribution in [0.25, 0.3) is 0 Å². The number of ketones is 1. The molecule has 5 nitrogen and oxygen atoms in total. The monoisotopic (exact) mass is 216 g/mol. The molecule has 0 aromatic rings.